The molecule has 0 unspecified atom stereocenters. The van der Waals surface area contributed by atoms with E-state index in [1.54, 1.807) is 0 Å². The molecule has 0 radical (unpaired) electrons. The predicted molar refractivity (Wildman–Crippen MR) is 112 cm³/mol. The SMILES string of the molecule is CC(C)C[C@H](N)C(=O)O.CC[C@H](C)[C@H](N)C(=O)O.NCCCC[C@H](N)C(=O)O.O. The van der Waals surface area contributed by atoms with Crippen LogP contribution in [0, 0.1) is 11.8 Å². The number of unbranched alkanes of at least 4 members (excludes halogenated alkanes) is 1. The molecule has 0 spiro atoms. The first-order valence-electron chi connectivity index (χ1n) is 9.46. The van der Waals surface area contributed by atoms with Crippen LogP contribution in [0.15, 0.2) is 0 Å². The van der Waals surface area contributed by atoms with Gasteiger partial charge in [0.2, 0.25) is 0 Å². The van der Waals surface area contributed by atoms with Crippen LogP contribution >= 0.6 is 0 Å². The minimum Gasteiger partial charge on any atom is -0.480 e. The van der Waals surface area contributed by atoms with Crippen molar-refractivity contribution in [3.63, 3.8) is 0 Å². The van der Waals surface area contributed by atoms with Gasteiger partial charge in [-0.05, 0) is 37.6 Å². The molecule has 0 fully saturated rings. The third kappa shape index (κ3) is 24.2. The second-order valence-electron chi connectivity index (χ2n) is 7.05. The number of rotatable bonds is 11. The molecule has 0 aliphatic rings. The lowest BCUT2D eigenvalue weighted by Gasteiger charge is -2.11. The molecule has 0 aliphatic carbocycles. The summed E-state index contributed by atoms with van der Waals surface area (Å²) in [7, 11) is 0. The zero-order valence-electron chi connectivity index (χ0n) is 18.0. The standard InChI is InChI=1S/C6H14N2O2.2C6H13NO2.H2O/c7-4-2-1-3-5(8)6(9)10;1-4(2)3-5(7)6(8)9;1-3-4(2)5(7)6(8)9;/h5H,1-4,7-8H2,(H,9,10);2*4-5H,3,7H2,1-2H3,(H,8,9);1H2/t2*5-;4-,5-;/m000./s1. The Balaban J connectivity index is -0.000000159. The zero-order valence-corrected chi connectivity index (χ0v) is 18.0. The topological polar surface area (TPSA) is 247 Å². The lowest BCUT2D eigenvalue weighted by Crippen LogP contribution is -2.36. The maximum atomic E-state index is 10.2. The maximum absolute atomic E-state index is 10.2. The van der Waals surface area contributed by atoms with Crippen molar-refractivity contribution in [1.82, 2.24) is 0 Å². The highest BCUT2D eigenvalue weighted by atomic mass is 16.4. The van der Waals surface area contributed by atoms with Crippen LogP contribution in [0.25, 0.3) is 0 Å². The van der Waals surface area contributed by atoms with Crippen LogP contribution in [0.1, 0.15) is 59.8 Å². The predicted octanol–water partition coefficient (Wildman–Crippen LogP) is -0.409. The fourth-order valence-corrected chi connectivity index (χ4v) is 1.74. The summed E-state index contributed by atoms with van der Waals surface area (Å²) in [6, 6.07) is -2.11. The summed E-state index contributed by atoms with van der Waals surface area (Å²) < 4.78 is 0. The highest BCUT2D eigenvalue weighted by Crippen LogP contribution is 2.04. The van der Waals surface area contributed by atoms with Crippen LogP contribution in [0.5, 0.6) is 0 Å². The molecule has 0 aromatic carbocycles. The molecular weight excluding hydrogens is 384 g/mol. The molecule has 0 aliphatic heterocycles. The van der Waals surface area contributed by atoms with E-state index in [2.05, 4.69) is 0 Å². The number of hydrogen-bond donors (Lipinski definition) is 7. The first-order chi connectivity index (χ1) is 12.8. The van der Waals surface area contributed by atoms with E-state index in [4.69, 9.17) is 38.3 Å². The molecule has 11 heteroatoms. The third-order valence-corrected chi connectivity index (χ3v) is 3.87. The largest absolute Gasteiger partial charge is 0.480 e. The highest BCUT2D eigenvalue weighted by Gasteiger charge is 2.17. The smallest absolute Gasteiger partial charge is 0.320 e. The Morgan fingerprint density at radius 1 is 0.828 bits per heavy atom. The maximum Gasteiger partial charge on any atom is 0.320 e. The molecular formula is C18H42N4O7. The summed E-state index contributed by atoms with van der Waals surface area (Å²) in [5.41, 5.74) is 20.9. The van der Waals surface area contributed by atoms with Crippen LogP contribution in [0.3, 0.4) is 0 Å². The van der Waals surface area contributed by atoms with Crippen molar-refractivity contribution in [2.24, 2.45) is 34.8 Å². The van der Waals surface area contributed by atoms with Crippen LogP contribution in [-0.2, 0) is 14.4 Å². The lowest BCUT2D eigenvalue weighted by atomic mass is 10.0. The molecule has 0 heterocycles. The monoisotopic (exact) mass is 426 g/mol. The van der Waals surface area contributed by atoms with Crippen molar-refractivity contribution in [3.05, 3.63) is 0 Å². The number of aliphatic carboxylic acids is 3. The summed E-state index contributed by atoms with van der Waals surface area (Å²) in [5, 5.41) is 25.0. The summed E-state index contributed by atoms with van der Waals surface area (Å²) in [6.07, 6.45) is 3.53. The van der Waals surface area contributed by atoms with Gasteiger partial charge in [-0.25, -0.2) is 0 Å². The van der Waals surface area contributed by atoms with E-state index in [1.165, 1.54) is 0 Å². The Morgan fingerprint density at radius 2 is 1.28 bits per heavy atom. The van der Waals surface area contributed by atoms with Gasteiger partial charge in [-0.3, -0.25) is 14.4 Å². The molecule has 13 N–H and O–H groups in total. The Bertz CT molecular complexity index is 436. The highest BCUT2D eigenvalue weighted by molar-refractivity contribution is 5.73. The van der Waals surface area contributed by atoms with Gasteiger partial charge in [0.25, 0.3) is 0 Å². The fraction of sp³-hybridized carbons (Fsp3) is 0.833. The minimum atomic E-state index is -0.933. The first-order valence-corrected chi connectivity index (χ1v) is 9.46. The molecule has 0 aromatic heterocycles. The van der Waals surface area contributed by atoms with E-state index in [0.717, 1.165) is 19.3 Å². The summed E-state index contributed by atoms with van der Waals surface area (Å²) >= 11 is 0. The Hall–Kier alpha value is -1.79. The molecule has 0 saturated heterocycles. The van der Waals surface area contributed by atoms with Gasteiger partial charge >= 0.3 is 17.9 Å². The Labute approximate surface area is 173 Å². The molecule has 176 valence electrons. The molecule has 11 nitrogen and oxygen atoms in total. The number of carboxylic acid groups (broad SMARTS) is 3. The van der Waals surface area contributed by atoms with Crippen molar-refractivity contribution < 1.29 is 35.2 Å². The molecule has 0 bridgehead atoms. The number of carbonyl (C=O) groups is 3. The normalized spacial score (nSPS) is 14.0. The average Bonchev–Trinajstić information content (AvgIpc) is 2.60. The second kappa shape index (κ2) is 20.9. The molecule has 29 heavy (non-hydrogen) atoms. The number of carboxylic acids is 3. The van der Waals surface area contributed by atoms with Crippen LogP contribution in [-0.4, -0.2) is 63.4 Å². The van der Waals surface area contributed by atoms with Gasteiger partial charge in [-0.1, -0.05) is 40.5 Å². The van der Waals surface area contributed by atoms with Crippen molar-refractivity contribution >= 4 is 17.9 Å². The van der Waals surface area contributed by atoms with E-state index in [-0.39, 0.29) is 11.4 Å². The van der Waals surface area contributed by atoms with Gasteiger partial charge in [-0.15, -0.1) is 0 Å². The van der Waals surface area contributed by atoms with Gasteiger partial charge in [0.1, 0.15) is 18.1 Å². The van der Waals surface area contributed by atoms with E-state index >= 15 is 0 Å². The zero-order chi connectivity index (χ0) is 22.9. The summed E-state index contributed by atoms with van der Waals surface area (Å²) in [5.74, 6) is -2.33. The lowest BCUT2D eigenvalue weighted by molar-refractivity contribution is -0.140. The molecule has 0 aromatic rings. The van der Waals surface area contributed by atoms with Crippen LogP contribution in [0.2, 0.25) is 0 Å². The van der Waals surface area contributed by atoms with Crippen molar-refractivity contribution in [2.75, 3.05) is 6.54 Å². The Morgan fingerprint density at radius 3 is 1.48 bits per heavy atom. The van der Waals surface area contributed by atoms with Crippen molar-refractivity contribution in [1.29, 1.82) is 0 Å². The van der Waals surface area contributed by atoms with Gasteiger partial charge in [-0.2, -0.15) is 0 Å². The number of nitrogens with two attached hydrogens (primary N) is 4. The molecule has 4 atom stereocenters. The first kappa shape index (κ1) is 34.7. The van der Waals surface area contributed by atoms with E-state index in [1.807, 2.05) is 27.7 Å². The van der Waals surface area contributed by atoms with Crippen LogP contribution in [0.4, 0.5) is 0 Å². The van der Waals surface area contributed by atoms with E-state index < -0.39 is 36.0 Å². The van der Waals surface area contributed by atoms with Gasteiger partial charge in [0, 0.05) is 0 Å². The summed E-state index contributed by atoms with van der Waals surface area (Å²) in [4.78, 5) is 30.4. The minimum absolute atomic E-state index is 0. The van der Waals surface area contributed by atoms with Gasteiger partial charge in [0.15, 0.2) is 0 Å². The Kier molecular flexibility index (Phi) is 25.0. The summed E-state index contributed by atoms with van der Waals surface area (Å²) in [6.45, 7) is 8.25. The molecule has 0 rings (SSSR count). The fourth-order valence-electron chi connectivity index (χ4n) is 1.74. The second-order valence-corrected chi connectivity index (χ2v) is 7.05. The van der Waals surface area contributed by atoms with E-state index in [9.17, 15) is 14.4 Å². The van der Waals surface area contributed by atoms with Gasteiger partial charge in [0.05, 0.1) is 0 Å². The van der Waals surface area contributed by atoms with Crippen LogP contribution < -0.4 is 22.9 Å². The van der Waals surface area contributed by atoms with Crippen molar-refractivity contribution in [3.8, 4) is 0 Å². The van der Waals surface area contributed by atoms with E-state index in [0.29, 0.717) is 25.3 Å². The van der Waals surface area contributed by atoms with Crippen molar-refractivity contribution in [2.45, 2.75) is 77.9 Å². The quantitative estimate of drug-likeness (QED) is 0.210. The van der Waals surface area contributed by atoms with Gasteiger partial charge < -0.3 is 43.7 Å². The molecule has 0 amide bonds. The number of hydrogen-bond acceptors (Lipinski definition) is 7. The average molecular weight is 427 g/mol. The third-order valence-electron chi connectivity index (χ3n) is 3.87. The molecule has 0 saturated carbocycles.